The van der Waals surface area contributed by atoms with Gasteiger partial charge >= 0.3 is 0 Å². The first-order valence-electron chi connectivity index (χ1n) is 7.04. The molecule has 23 heavy (non-hydrogen) atoms. The molecule has 4 nitrogen and oxygen atoms in total. The summed E-state index contributed by atoms with van der Waals surface area (Å²) in [7, 11) is 3.68. The highest BCUT2D eigenvalue weighted by Crippen LogP contribution is 2.26. The first-order valence-corrected chi connectivity index (χ1v) is 7.80. The van der Waals surface area contributed by atoms with Gasteiger partial charge in [0, 0.05) is 24.8 Å². The molecule has 0 saturated heterocycles. The largest absolute Gasteiger partial charge is 0.331 e. The van der Waals surface area contributed by atoms with Crippen molar-refractivity contribution in [2.75, 3.05) is 11.9 Å². The van der Waals surface area contributed by atoms with Gasteiger partial charge in [-0.25, -0.2) is 4.98 Å². The molecule has 0 radical (unpaired) electrons. The standard InChI is InChI=1S/C17H15Cl2N3O/c1-10-20-15-9-12(5-7-16(15)21(10)2)22(3)17(23)13-6-4-11(18)8-14(13)19/h4-9H,1-3H3. The van der Waals surface area contributed by atoms with Crippen molar-refractivity contribution in [2.24, 2.45) is 7.05 Å². The molecule has 0 aliphatic carbocycles. The van der Waals surface area contributed by atoms with Crippen molar-refractivity contribution >= 4 is 45.8 Å². The van der Waals surface area contributed by atoms with E-state index >= 15 is 0 Å². The molecule has 0 unspecified atom stereocenters. The molecule has 0 N–H and O–H groups in total. The van der Waals surface area contributed by atoms with Crippen molar-refractivity contribution in [3.8, 4) is 0 Å². The highest BCUT2D eigenvalue weighted by Gasteiger charge is 2.17. The molecule has 0 aliphatic heterocycles. The normalized spacial score (nSPS) is 11.0. The van der Waals surface area contributed by atoms with Crippen LogP contribution in [0.3, 0.4) is 0 Å². The molecular formula is C17H15Cl2N3O. The summed E-state index contributed by atoms with van der Waals surface area (Å²) in [6.07, 6.45) is 0. The van der Waals surface area contributed by atoms with Gasteiger partial charge < -0.3 is 9.47 Å². The molecular weight excluding hydrogens is 333 g/mol. The Balaban J connectivity index is 1.99. The van der Waals surface area contributed by atoms with E-state index in [-0.39, 0.29) is 5.91 Å². The molecule has 118 valence electrons. The van der Waals surface area contributed by atoms with Crippen LogP contribution in [0.1, 0.15) is 16.2 Å². The van der Waals surface area contributed by atoms with Gasteiger partial charge in [-0.2, -0.15) is 0 Å². The van der Waals surface area contributed by atoms with Crippen molar-refractivity contribution in [3.63, 3.8) is 0 Å². The van der Waals surface area contributed by atoms with Crippen LogP contribution in [0.2, 0.25) is 10.0 Å². The van der Waals surface area contributed by atoms with Crippen LogP contribution in [-0.4, -0.2) is 22.5 Å². The Bertz CT molecular complexity index is 918. The number of rotatable bonds is 2. The zero-order valence-electron chi connectivity index (χ0n) is 13.0. The average molecular weight is 348 g/mol. The van der Waals surface area contributed by atoms with Crippen LogP contribution in [0, 0.1) is 6.92 Å². The lowest BCUT2D eigenvalue weighted by Gasteiger charge is -2.18. The highest BCUT2D eigenvalue weighted by molar-refractivity contribution is 6.37. The molecule has 0 aliphatic rings. The van der Waals surface area contributed by atoms with Crippen LogP contribution in [0.25, 0.3) is 11.0 Å². The zero-order valence-corrected chi connectivity index (χ0v) is 14.5. The van der Waals surface area contributed by atoms with Gasteiger partial charge in [0.2, 0.25) is 0 Å². The van der Waals surface area contributed by atoms with E-state index in [4.69, 9.17) is 23.2 Å². The number of hydrogen-bond donors (Lipinski definition) is 0. The molecule has 0 spiro atoms. The number of imidazole rings is 1. The number of amides is 1. The van der Waals surface area contributed by atoms with E-state index < -0.39 is 0 Å². The molecule has 0 fully saturated rings. The van der Waals surface area contributed by atoms with Gasteiger partial charge in [-0.3, -0.25) is 4.79 Å². The Morgan fingerprint density at radius 3 is 2.61 bits per heavy atom. The van der Waals surface area contributed by atoms with Gasteiger partial charge in [-0.1, -0.05) is 23.2 Å². The zero-order chi connectivity index (χ0) is 16.7. The molecule has 3 aromatic rings. The number of halogens is 2. The van der Waals surface area contributed by atoms with Crippen molar-refractivity contribution in [3.05, 3.63) is 57.8 Å². The predicted octanol–water partition coefficient (Wildman–Crippen LogP) is 4.47. The fraction of sp³-hybridized carbons (Fsp3) is 0.176. The Hall–Kier alpha value is -2.04. The van der Waals surface area contributed by atoms with Gasteiger partial charge in [-0.15, -0.1) is 0 Å². The summed E-state index contributed by atoms with van der Waals surface area (Å²) in [6, 6.07) is 10.6. The van der Waals surface area contributed by atoms with E-state index in [1.165, 1.54) is 0 Å². The van der Waals surface area contributed by atoms with Gasteiger partial charge in [0.1, 0.15) is 5.82 Å². The molecule has 0 atom stereocenters. The second-order valence-corrected chi connectivity index (χ2v) is 6.22. The van der Waals surface area contributed by atoms with Crippen molar-refractivity contribution in [1.29, 1.82) is 0 Å². The van der Waals surface area contributed by atoms with Crippen LogP contribution in [-0.2, 0) is 7.05 Å². The molecule has 1 amide bonds. The topological polar surface area (TPSA) is 38.1 Å². The Morgan fingerprint density at radius 1 is 1.17 bits per heavy atom. The minimum atomic E-state index is -0.196. The number of carbonyl (C=O) groups is 1. The second-order valence-electron chi connectivity index (χ2n) is 5.38. The number of anilines is 1. The van der Waals surface area contributed by atoms with Gasteiger partial charge in [0.05, 0.1) is 21.6 Å². The maximum absolute atomic E-state index is 12.7. The lowest BCUT2D eigenvalue weighted by atomic mass is 10.2. The predicted molar refractivity (Wildman–Crippen MR) is 94.6 cm³/mol. The van der Waals surface area contributed by atoms with Gasteiger partial charge in [-0.05, 0) is 43.3 Å². The fourth-order valence-electron chi connectivity index (χ4n) is 2.48. The first kappa shape index (κ1) is 15.8. The Labute approximate surface area is 144 Å². The number of nitrogens with zero attached hydrogens (tertiary/aromatic N) is 3. The molecule has 0 bridgehead atoms. The fourth-order valence-corrected chi connectivity index (χ4v) is 2.97. The summed E-state index contributed by atoms with van der Waals surface area (Å²) in [5, 5.41) is 0.837. The third-order valence-corrected chi connectivity index (χ3v) is 4.49. The van der Waals surface area contributed by atoms with E-state index in [0.717, 1.165) is 22.5 Å². The van der Waals surface area contributed by atoms with E-state index in [1.807, 2.05) is 36.7 Å². The number of benzene rings is 2. The minimum absolute atomic E-state index is 0.196. The summed E-state index contributed by atoms with van der Waals surface area (Å²) in [5.41, 5.74) is 3.04. The molecule has 1 aromatic heterocycles. The van der Waals surface area contributed by atoms with E-state index in [9.17, 15) is 4.79 Å². The van der Waals surface area contributed by atoms with Crippen LogP contribution in [0.15, 0.2) is 36.4 Å². The summed E-state index contributed by atoms with van der Waals surface area (Å²) in [5.74, 6) is 0.727. The molecule has 3 rings (SSSR count). The first-order chi connectivity index (χ1) is 10.9. The number of fused-ring (bicyclic) bond motifs is 1. The maximum Gasteiger partial charge on any atom is 0.259 e. The van der Waals surface area contributed by atoms with Crippen LogP contribution in [0.5, 0.6) is 0 Å². The minimum Gasteiger partial charge on any atom is -0.331 e. The van der Waals surface area contributed by atoms with Crippen molar-refractivity contribution < 1.29 is 4.79 Å². The number of hydrogen-bond acceptors (Lipinski definition) is 2. The van der Waals surface area contributed by atoms with Crippen LogP contribution < -0.4 is 4.90 Å². The van der Waals surface area contributed by atoms with Crippen molar-refractivity contribution in [1.82, 2.24) is 9.55 Å². The number of aromatic nitrogens is 2. The molecule has 2 aromatic carbocycles. The lowest BCUT2D eigenvalue weighted by Crippen LogP contribution is -2.26. The third kappa shape index (κ3) is 2.80. The van der Waals surface area contributed by atoms with E-state index in [0.29, 0.717) is 15.6 Å². The number of carbonyl (C=O) groups excluding carboxylic acids is 1. The SMILES string of the molecule is Cc1nc2cc(N(C)C(=O)c3ccc(Cl)cc3Cl)ccc2n1C. The quantitative estimate of drug-likeness (QED) is 0.686. The number of aryl methyl sites for hydroxylation is 2. The maximum atomic E-state index is 12.7. The molecule has 0 saturated carbocycles. The summed E-state index contributed by atoms with van der Waals surface area (Å²) >= 11 is 12.0. The van der Waals surface area contributed by atoms with Crippen LogP contribution in [0.4, 0.5) is 5.69 Å². The second kappa shape index (κ2) is 5.87. The van der Waals surface area contributed by atoms with Gasteiger partial charge in [0.25, 0.3) is 5.91 Å². The smallest absolute Gasteiger partial charge is 0.259 e. The lowest BCUT2D eigenvalue weighted by molar-refractivity contribution is 0.0993. The summed E-state index contributed by atoms with van der Waals surface area (Å²) in [6.45, 7) is 1.95. The monoisotopic (exact) mass is 347 g/mol. The van der Waals surface area contributed by atoms with Gasteiger partial charge in [0.15, 0.2) is 0 Å². The van der Waals surface area contributed by atoms with Crippen molar-refractivity contribution in [2.45, 2.75) is 6.92 Å². The average Bonchev–Trinajstić information content (AvgIpc) is 2.80. The van der Waals surface area contributed by atoms with E-state index in [2.05, 4.69) is 4.98 Å². The third-order valence-electron chi connectivity index (χ3n) is 3.94. The van der Waals surface area contributed by atoms with E-state index in [1.54, 1.807) is 30.1 Å². The summed E-state index contributed by atoms with van der Waals surface area (Å²) < 4.78 is 2.01. The summed E-state index contributed by atoms with van der Waals surface area (Å²) in [4.78, 5) is 18.7. The Morgan fingerprint density at radius 2 is 1.91 bits per heavy atom. The highest BCUT2D eigenvalue weighted by atomic mass is 35.5. The van der Waals surface area contributed by atoms with Crippen LogP contribution >= 0.6 is 23.2 Å². The Kier molecular flexibility index (Phi) is 4.04. The molecule has 6 heteroatoms. The molecule has 1 heterocycles.